The summed E-state index contributed by atoms with van der Waals surface area (Å²) in [7, 11) is 1.97. The maximum atomic E-state index is 6.05. The summed E-state index contributed by atoms with van der Waals surface area (Å²) in [6, 6.07) is 0. The number of nitrogens with zero attached hydrogens (tertiary/aromatic N) is 3. The standard InChI is InChI=1S/C10H18N4S/c1-8-9(11)10(13(2)12-8)14-4-3-6-15-7-5-14/h3-7,11H2,1-2H3. The zero-order valence-corrected chi connectivity index (χ0v) is 10.2. The molecule has 0 bridgehead atoms. The highest BCUT2D eigenvalue weighted by Crippen LogP contribution is 2.27. The van der Waals surface area contributed by atoms with Gasteiger partial charge in [0.2, 0.25) is 0 Å². The van der Waals surface area contributed by atoms with Crippen LogP contribution in [0.3, 0.4) is 0 Å². The van der Waals surface area contributed by atoms with E-state index in [0.717, 1.165) is 30.3 Å². The number of thioether (sulfide) groups is 1. The summed E-state index contributed by atoms with van der Waals surface area (Å²) in [5.41, 5.74) is 7.83. The van der Waals surface area contributed by atoms with Crippen LogP contribution in [0.5, 0.6) is 0 Å². The highest BCUT2D eigenvalue weighted by molar-refractivity contribution is 7.99. The SMILES string of the molecule is Cc1nn(C)c(N2CCCSCC2)c1N. The molecule has 0 unspecified atom stereocenters. The lowest BCUT2D eigenvalue weighted by molar-refractivity contribution is 0.706. The van der Waals surface area contributed by atoms with Gasteiger partial charge in [0.1, 0.15) is 5.82 Å². The molecule has 1 aliphatic rings. The van der Waals surface area contributed by atoms with E-state index < -0.39 is 0 Å². The van der Waals surface area contributed by atoms with E-state index in [0.29, 0.717) is 0 Å². The van der Waals surface area contributed by atoms with Gasteiger partial charge in [-0.2, -0.15) is 16.9 Å². The second-order valence-electron chi connectivity index (χ2n) is 3.90. The minimum absolute atomic E-state index is 0.837. The van der Waals surface area contributed by atoms with Crippen molar-refractivity contribution in [3.8, 4) is 0 Å². The third-order valence-corrected chi connectivity index (χ3v) is 3.81. The fourth-order valence-corrected chi connectivity index (χ4v) is 2.88. The summed E-state index contributed by atoms with van der Waals surface area (Å²) < 4.78 is 1.90. The maximum Gasteiger partial charge on any atom is 0.150 e. The van der Waals surface area contributed by atoms with E-state index in [4.69, 9.17) is 5.73 Å². The summed E-state index contributed by atoms with van der Waals surface area (Å²) in [5.74, 6) is 3.53. The Kier molecular flexibility index (Phi) is 3.09. The van der Waals surface area contributed by atoms with Gasteiger partial charge in [0.25, 0.3) is 0 Å². The van der Waals surface area contributed by atoms with Crippen molar-refractivity contribution in [2.45, 2.75) is 13.3 Å². The molecule has 1 aliphatic heterocycles. The highest BCUT2D eigenvalue weighted by atomic mass is 32.2. The van der Waals surface area contributed by atoms with Crippen molar-refractivity contribution in [2.75, 3.05) is 35.2 Å². The van der Waals surface area contributed by atoms with E-state index in [1.165, 1.54) is 17.9 Å². The fourth-order valence-electron chi connectivity index (χ4n) is 2.00. The van der Waals surface area contributed by atoms with Gasteiger partial charge in [-0.25, -0.2) is 0 Å². The van der Waals surface area contributed by atoms with Crippen molar-refractivity contribution in [3.05, 3.63) is 5.69 Å². The number of nitrogen functional groups attached to an aromatic ring is 1. The number of aromatic nitrogens is 2. The van der Waals surface area contributed by atoms with E-state index in [-0.39, 0.29) is 0 Å². The molecule has 2 N–H and O–H groups in total. The molecule has 0 saturated carbocycles. The third-order valence-electron chi connectivity index (χ3n) is 2.76. The van der Waals surface area contributed by atoms with Gasteiger partial charge in [-0.3, -0.25) is 4.68 Å². The number of hydrogen-bond donors (Lipinski definition) is 1. The zero-order valence-electron chi connectivity index (χ0n) is 9.36. The van der Waals surface area contributed by atoms with Crippen LogP contribution in [0.2, 0.25) is 0 Å². The Balaban J connectivity index is 2.26. The van der Waals surface area contributed by atoms with Gasteiger partial charge in [-0.05, 0) is 19.1 Å². The van der Waals surface area contributed by atoms with Crippen LogP contribution in [0.1, 0.15) is 12.1 Å². The number of nitrogens with two attached hydrogens (primary N) is 1. The number of hydrogen-bond acceptors (Lipinski definition) is 4. The lowest BCUT2D eigenvalue weighted by Crippen LogP contribution is -2.28. The van der Waals surface area contributed by atoms with Crippen molar-refractivity contribution in [3.63, 3.8) is 0 Å². The van der Waals surface area contributed by atoms with Gasteiger partial charge in [0.15, 0.2) is 0 Å². The lowest BCUT2D eigenvalue weighted by Gasteiger charge is -2.22. The second-order valence-corrected chi connectivity index (χ2v) is 5.12. The lowest BCUT2D eigenvalue weighted by atomic mass is 10.3. The molecule has 0 aliphatic carbocycles. The number of aryl methyl sites for hydroxylation is 2. The molecule has 0 spiro atoms. The van der Waals surface area contributed by atoms with Gasteiger partial charge >= 0.3 is 0 Å². The first-order valence-electron chi connectivity index (χ1n) is 5.32. The Labute approximate surface area is 94.8 Å². The van der Waals surface area contributed by atoms with Crippen LogP contribution in [0.4, 0.5) is 11.5 Å². The zero-order chi connectivity index (χ0) is 10.8. The molecule has 4 nitrogen and oxygen atoms in total. The summed E-state index contributed by atoms with van der Waals surface area (Å²) in [4.78, 5) is 2.36. The van der Waals surface area contributed by atoms with Crippen LogP contribution < -0.4 is 10.6 Å². The predicted octanol–water partition coefficient (Wildman–Crippen LogP) is 1.25. The molecular formula is C10H18N4S. The molecule has 0 atom stereocenters. The van der Waals surface area contributed by atoms with Gasteiger partial charge in [0, 0.05) is 25.9 Å². The predicted molar refractivity (Wildman–Crippen MR) is 66.5 cm³/mol. The van der Waals surface area contributed by atoms with E-state index in [2.05, 4.69) is 10.00 Å². The maximum absolute atomic E-state index is 6.05. The monoisotopic (exact) mass is 226 g/mol. The van der Waals surface area contributed by atoms with Crippen molar-refractivity contribution in [1.82, 2.24) is 9.78 Å². The Bertz CT molecular complexity index is 339. The smallest absolute Gasteiger partial charge is 0.150 e. The van der Waals surface area contributed by atoms with Crippen LogP contribution in [-0.2, 0) is 7.05 Å². The molecule has 2 rings (SSSR count). The van der Waals surface area contributed by atoms with E-state index in [1.807, 2.05) is 30.4 Å². The van der Waals surface area contributed by atoms with Crippen molar-refractivity contribution in [2.24, 2.45) is 7.05 Å². The van der Waals surface area contributed by atoms with Gasteiger partial charge in [0.05, 0.1) is 11.4 Å². The summed E-state index contributed by atoms with van der Waals surface area (Å²) >= 11 is 2.02. The fraction of sp³-hybridized carbons (Fsp3) is 0.700. The first kappa shape index (κ1) is 10.7. The van der Waals surface area contributed by atoms with E-state index in [9.17, 15) is 0 Å². The Morgan fingerprint density at radius 2 is 2.13 bits per heavy atom. The van der Waals surface area contributed by atoms with Crippen LogP contribution in [0.15, 0.2) is 0 Å². The normalized spacial score (nSPS) is 17.9. The third kappa shape index (κ3) is 2.07. The van der Waals surface area contributed by atoms with Crippen molar-refractivity contribution < 1.29 is 0 Å². The average Bonchev–Trinajstić information content (AvgIpc) is 2.46. The molecule has 15 heavy (non-hydrogen) atoms. The van der Waals surface area contributed by atoms with E-state index >= 15 is 0 Å². The molecule has 2 heterocycles. The minimum atomic E-state index is 0.837. The Morgan fingerprint density at radius 3 is 2.80 bits per heavy atom. The van der Waals surface area contributed by atoms with Crippen LogP contribution in [-0.4, -0.2) is 34.4 Å². The first-order valence-corrected chi connectivity index (χ1v) is 6.47. The van der Waals surface area contributed by atoms with Gasteiger partial charge in [-0.15, -0.1) is 0 Å². The molecule has 0 amide bonds. The summed E-state index contributed by atoms with van der Waals surface area (Å²) in [5, 5.41) is 4.36. The summed E-state index contributed by atoms with van der Waals surface area (Å²) in [6.07, 6.45) is 1.23. The van der Waals surface area contributed by atoms with E-state index in [1.54, 1.807) is 0 Å². The molecular weight excluding hydrogens is 208 g/mol. The average molecular weight is 226 g/mol. The largest absolute Gasteiger partial charge is 0.394 e. The topological polar surface area (TPSA) is 47.1 Å². The molecule has 1 aromatic heterocycles. The first-order chi connectivity index (χ1) is 7.20. The highest BCUT2D eigenvalue weighted by Gasteiger charge is 2.18. The Morgan fingerprint density at radius 1 is 1.33 bits per heavy atom. The number of anilines is 2. The summed E-state index contributed by atoms with van der Waals surface area (Å²) in [6.45, 7) is 4.13. The molecule has 0 aromatic carbocycles. The van der Waals surface area contributed by atoms with Gasteiger partial charge < -0.3 is 10.6 Å². The van der Waals surface area contributed by atoms with Crippen LogP contribution in [0, 0.1) is 6.92 Å². The number of rotatable bonds is 1. The molecule has 5 heteroatoms. The van der Waals surface area contributed by atoms with Gasteiger partial charge in [-0.1, -0.05) is 0 Å². The quantitative estimate of drug-likeness (QED) is 0.783. The minimum Gasteiger partial charge on any atom is -0.394 e. The van der Waals surface area contributed by atoms with Crippen LogP contribution in [0.25, 0.3) is 0 Å². The van der Waals surface area contributed by atoms with Crippen LogP contribution >= 0.6 is 11.8 Å². The molecule has 0 radical (unpaired) electrons. The van der Waals surface area contributed by atoms with Crippen molar-refractivity contribution in [1.29, 1.82) is 0 Å². The second kappa shape index (κ2) is 4.35. The van der Waals surface area contributed by atoms with Crippen molar-refractivity contribution >= 4 is 23.3 Å². The molecule has 1 aromatic rings. The molecule has 1 fully saturated rings. The molecule has 84 valence electrons. The Hall–Kier alpha value is -0.840. The molecule has 1 saturated heterocycles.